The minimum Gasteiger partial charge on any atom is -0.478 e. The monoisotopic (exact) mass is 354 g/mol. The van der Waals surface area contributed by atoms with E-state index in [1.54, 1.807) is 0 Å². The van der Waals surface area contributed by atoms with E-state index in [2.05, 4.69) is 0 Å². The van der Waals surface area contributed by atoms with E-state index in [0.29, 0.717) is 0 Å². The summed E-state index contributed by atoms with van der Waals surface area (Å²) in [5.74, 6) is -5.90. The van der Waals surface area contributed by atoms with Crippen LogP contribution in [0, 0.1) is 0 Å². The number of benzene rings is 3. The number of carbonyl (C=O) groups is 4. The van der Waals surface area contributed by atoms with Crippen molar-refractivity contribution in [2.45, 2.75) is 0 Å². The van der Waals surface area contributed by atoms with Gasteiger partial charge in [0.25, 0.3) is 0 Å². The summed E-state index contributed by atoms with van der Waals surface area (Å²) in [6.07, 6.45) is 0. The van der Waals surface area contributed by atoms with Gasteiger partial charge in [0.1, 0.15) is 0 Å². The van der Waals surface area contributed by atoms with E-state index in [1.165, 1.54) is 36.4 Å². The van der Waals surface area contributed by atoms with Crippen LogP contribution >= 0.6 is 0 Å². The van der Waals surface area contributed by atoms with E-state index in [0.717, 1.165) is 0 Å². The average Bonchev–Trinajstić information content (AvgIpc) is 2.58. The maximum Gasteiger partial charge on any atom is 0.337 e. The predicted molar refractivity (Wildman–Crippen MR) is 89.3 cm³/mol. The van der Waals surface area contributed by atoms with Crippen LogP contribution in [0.15, 0.2) is 36.4 Å². The van der Waals surface area contributed by atoms with Gasteiger partial charge in [-0.25, -0.2) is 19.2 Å². The highest BCUT2D eigenvalue weighted by Gasteiger charge is 2.28. The van der Waals surface area contributed by atoms with Crippen molar-refractivity contribution in [3.8, 4) is 0 Å². The van der Waals surface area contributed by atoms with Gasteiger partial charge in [0.15, 0.2) is 0 Å². The van der Waals surface area contributed by atoms with Crippen LogP contribution in [0.5, 0.6) is 0 Å². The topological polar surface area (TPSA) is 149 Å². The molecule has 0 spiro atoms. The van der Waals surface area contributed by atoms with Crippen molar-refractivity contribution in [2.75, 3.05) is 0 Å². The summed E-state index contributed by atoms with van der Waals surface area (Å²) >= 11 is 0. The van der Waals surface area contributed by atoms with E-state index in [1.807, 2.05) is 0 Å². The Morgan fingerprint density at radius 1 is 0.538 bits per heavy atom. The molecule has 0 bridgehead atoms. The second-order valence-corrected chi connectivity index (χ2v) is 5.43. The van der Waals surface area contributed by atoms with Crippen molar-refractivity contribution < 1.29 is 39.6 Å². The fraction of sp³-hybridized carbons (Fsp3) is 0. The Morgan fingerprint density at radius 2 is 0.885 bits per heavy atom. The third kappa shape index (κ3) is 2.32. The molecule has 0 saturated heterocycles. The summed E-state index contributed by atoms with van der Waals surface area (Å²) in [5.41, 5.74) is -1.82. The van der Waals surface area contributed by atoms with Crippen LogP contribution in [0.25, 0.3) is 21.5 Å². The Morgan fingerprint density at radius 3 is 1.15 bits per heavy atom. The summed E-state index contributed by atoms with van der Waals surface area (Å²) in [4.78, 5) is 46.8. The van der Waals surface area contributed by atoms with E-state index < -0.39 is 35.0 Å². The number of carboxylic acids is 4. The lowest BCUT2D eigenvalue weighted by Crippen LogP contribution is -2.12. The van der Waals surface area contributed by atoms with Crippen LogP contribution in [0.2, 0.25) is 0 Å². The summed E-state index contributed by atoms with van der Waals surface area (Å²) < 4.78 is 0. The third-order valence-corrected chi connectivity index (χ3v) is 4.06. The number of hydrogen-bond acceptors (Lipinski definition) is 4. The first-order valence-electron chi connectivity index (χ1n) is 7.20. The van der Waals surface area contributed by atoms with E-state index >= 15 is 0 Å². The van der Waals surface area contributed by atoms with Crippen LogP contribution in [0.3, 0.4) is 0 Å². The van der Waals surface area contributed by atoms with Gasteiger partial charge in [-0.15, -0.1) is 0 Å². The quantitative estimate of drug-likeness (QED) is 0.522. The molecule has 0 aliphatic rings. The summed E-state index contributed by atoms with van der Waals surface area (Å²) in [6.45, 7) is 0. The molecule has 0 radical (unpaired) electrons. The van der Waals surface area contributed by atoms with Crippen molar-refractivity contribution in [3.05, 3.63) is 58.7 Å². The molecule has 0 aromatic heterocycles. The Hall–Kier alpha value is -3.94. The van der Waals surface area contributed by atoms with Crippen LogP contribution in [-0.2, 0) is 0 Å². The third-order valence-electron chi connectivity index (χ3n) is 4.06. The summed E-state index contributed by atoms with van der Waals surface area (Å²) in [5, 5.41) is 37.5. The van der Waals surface area contributed by atoms with Crippen molar-refractivity contribution >= 4 is 45.4 Å². The Labute approximate surface area is 144 Å². The molecule has 3 aromatic carbocycles. The molecule has 26 heavy (non-hydrogen) atoms. The van der Waals surface area contributed by atoms with Crippen LogP contribution in [0.1, 0.15) is 41.4 Å². The van der Waals surface area contributed by atoms with Gasteiger partial charge in [-0.05, 0) is 22.9 Å². The Bertz CT molecular complexity index is 1050. The number of aromatic carboxylic acids is 4. The molecule has 130 valence electrons. The Balaban J connectivity index is 2.82. The zero-order valence-corrected chi connectivity index (χ0v) is 12.9. The zero-order valence-electron chi connectivity index (χ0n) is 12.9. The van der Waals surface area contributed by atoms with Gasteiger partial charge in [0.05, 0.1) is 22.3 Å². The van der Waals surface area contributed by atoms with Crippen LogP contribution < -0.4 is 0 Å². The fourth-order valence-electron chi connectivity index (χ4n) is 3.13. The van der Waals surface area contributed by atoms with Gasteiger partial charge in [-0.2, -0.15) is 0 Å². The largest absolute Gasteiger partial charge is 0.478 e. The number of fused-ring (bicyclic) bond motifs is 3. The zero-order chi connectivity index (χ0) is 19.2. The highest BCUT2D eigenvalue weighted by molar-refractivity contribution is 6.30. The summed E-state index contributed by atoms with van der Waals surface area (Å²) in [6, 6.07) is 7.48. The highest BCUT2D eigenvalue weighted by Crippen LogP contribution is 2.37. The lowest BCUT2D eigenvalue weighted by molar-refractivity contribution is 0.0655. The number of hydrogen-bond donors (Lipinski definition) is 4. The second kappa shape index (κ2) is 5.85. The van der Waals surface area contributed by atoms with Crippen molar-refractivity contribution in [1.82, 2.24) is 0 Å². The molecule has 0 unspecified atom stereocenters. The smallest absolute Gasteiger partial charge is 0.337 e. The molecule has 3 aromatic rings. The van der Waals surface area contributed by atoms with Gasteiger partial charge >= 0.3 is 23.9 Å². The molecule has 0 aliphatic heterocycles. The minimum atomic E-state index is -1.56. The lowest BCUT2D eigenvalue weighted by Gasteiger charge is -2.15. The van der Waals surface area contributed by atoms with E-state index in [9.17, 15) is 39.6 Å². The molecule has 8 heteroatoms. The molecular weight excluding hydrogens is 344 g/mol. The van der Waals surface area contributed by atoms with Gasteiger partial charge in [0.2, 0.25) is 0 Å². The second-order valence-electron chi connectivity index (χ2n) is 5.43. The molecule has 0 atom stereocenters. The SMILES string of the molecule is O=C(O)c1c(C(=O)O)c2cccc(C(=O)O)c2c2c(C(=O)O)cccc12. The standard InChI is InChI=1S/C18H10O8/c19-15(20)9-5-1-3-7-11(9)12-8(4-2-6-10(12)16(21)22)14(18(25)26)13(7)17(23)24/h1-6H,(H,19,20)(H,21,22)(H,23,24)(H,25,26). The lowest BCUT2D eigenvalue weighted by atomic mass is 9.87. The first kappa shape index (κ1) is 16.9. The highest BCUT2D eigenvalue weighted by atomic mass is 16.4. The normalized spacial score (nSPS) is 10.8. The maximum atomic E-state index is 11.8. The molecule has 8 nitrogen and oxygen atoms in total. The van der Waals surface area contributed by atoms with Gasteiger partial charge in [0, 0.05) is 10.8 Å². The minimum absolute atomic E-state index is 0.129. The fourth-order valence-corrected chi connectivity index (χ4v) is 3.13. The number of carboxylic acid groups (broad SMARTS) is 4. The molecule has 4 N–H and O–H groups in total. The maximum absolute atomic E-state index is 11.8. The van der Waals surface area contributed by atoms with E-state index in [4.69, 9.17) is 0 Å². The molecule has 0 aliphatic carbocycles. The first-order chi connectivity index (χ1) is 12.3. The average molecular weight is 354 g/mol. The molecule has 0 fully saturated rings. The molecular formula is C18H10O8. The number of rotatable bonds is 4. The van der Waals surface area contributed by atoms with Crippen LogP contribution in [0.4, 0.5) is 0 Å². The van der Waals surface area contributed by atoms with Gasteiger partial charge in [-0.1, -0.05) is 24.3 Å². The summed E-state index contributed by atoms with van der Waals surface area (Å²) in [7, 11) is 0. The Kier molecular flexibility index (Phi) is 3.80. The van der Waals surface area contributed by atoms with Crippen molar-refractivity contribution in [3.63, 3.8) is 0 Å². The van der Waals surface area contributed by atoms with Crippen molar-refractivity contribution in [1.29, 1.82) is 0 Å². The van der Waals surface area contributed by atoms with Crippen molar-refractivity contribution in [2.24, 2.45) is 0 Å². The molecule has 0 saturated carbocycles. The first-order valence-corrected chi connectivity index (χ1v) is 7.20. The van der Waals surface area contributed by atoms with Gasteiger partial charge < -0.3 is 20.4 Å². The van der Waals surface area contributed by atoms with Crippen LogP contribution in [-0.4, -0.2) is 44.3 Å². The molecule has 0 amide bonds. The predicted octanol–water partition coefficient (Wildman–Crippen LogP) is 2.79. The molecule has 3 rings (SSSR count). The van der Waals surface area contributed by atoms with Gasteiger partial charge in [-0.3, -0.25) is 0 Å². The van der Waals surface area contributed by atoms with E-state index in [-0.39, 0.29) is 32.7 Å². The molecule has 0 heterocycles.